The molecule has 174 valence electrons. The molecule has 0 spiro atoms. The van der Waals surface area contributed by atoms with Gasteiger partial charge in [-0.15, -0.1) is 21.5 Å². The standard InChI is InChI=1S/C24H23N5O3S2/c1-31-19-9-5-6-17(14-19)22-26-27-24(29(22)18-7-3-2-4-8-18)34-16-21-25-20(15-33-21)23(30)28-10-12-32-13-11-28/h2-9,14-15H,10-13,16H2,1H3. The molecule has 34 heavy (non-hydrogen) atoms. The molecule has 1 fully saturated rings. The minimum atomic E-state index is -0.0384. The van der Waals surface area contributed by atoms with E-state index in [4.69, 9.17) is 9.47 Å². The predicted molar refractivity (Wildman–Crippen MR) is 132 cm³/mol. The van der Waals surface area contributed by atoms with Gasteiger partial charge in [0, 0.05) is 29.7 Å². The molecule has 0 aliphatic carbocycles. The molecule has 0 atom stereocenters. The molecule has 1 aliphatic rings. The number of carbonyl (C=O) groups excluding carboxylic acids is 1. The zero-order valence-corrected chi connectivity index (χ0v) is 20.2. The average Bonchev–Trinajstić information content (AvgIpc) is 3.55. The summed E-state index contributed by atoms with van der Waals surface area (Å²) in [7, 11) is 1.65. The van der Waals surface area contributed by atoms with Crippen molar-refractivity contribution in [1.29, 1.82) is 0 Å². The van der Waals surface area contributed by atoms with Crippen LogP contribution in [-0.4, -0.2) is 64.0 Å². The number of hydrogen-bond donors (Lipinski definition) is 0. The van der Waals surface area contributed by atoms with Gasteiger partial charge >= 0.3 is 0 Å². The van der Waals surface area contributed by atoms with Crippen LogP contribution < -0.4 is 4.74 Å². The Morgan fingerprint density at radius 1 is 1.12 bits per heavy atom. The lowest BCUT2D eigenvalue weighted by Crippen LogP contribution is -2.40. The van der Waals surface area contributed by atoms with Gasteiger partial charge in [-0.3, -0.25) is 9.36 Å². The number of thioether (sulfide) groups is 1. The van der Waals surface area contributed by atoms with E-state index in [0.717, 1.165) is 33.0 Å². The zero-order chi connectivity index (χ0) is 23.3. The van der Waals surface area contributed by atoms with Crippen LogP contribution in [0.1, 0.15) is 15.5 Å². The highest BCUT2D eigenvalue weighted by atomic mass is 32.2. The van der Waals surface area contributed by atoms with Gasteiger partial charge in [0.05, 0.1) is 26.1 Å². The molecule has 2 aromatic carbocycles. The number of amides is 1. The highest BCUT2D eigenvalue weighted by molar-refractivity contribution is 7.98. The lowest BCUT2D eigenvalue weighted by molar-refractivity contribution is 0.0299. The number of nitrogens with zero attached hydrogens (tertiary/aromatic N) is 5. The lowest BCUT2D eigenvalue weighted by Gasteiger charge is -2.25. The molecule has 10 heteroatoms. The molecule has 8 nitrogen and oxygen atoms in total. The smallest absolute Gasteiger partial charge is 0.273 e. The second-order valence-corrected chi connectivity index (χ2v) is 9.41. The van der Waals surface area contributed by atoms with E-state index in [1.807, 2.05) is 64.5 Å². The van der Waals surface area contributed by atoms with Gasteiger partial charge in [0.1, 0.15) is 16.5 Å². The van der Waals surface area contributed by atoms with Crippen LogP contribution in [0.15, 0.2) is 65.1 Å². The molecule has 1 amide bonds. The first kappa shape index (κ1) is 22.6. The Balaban J connectivity index is 1.39. The second-order valence-electron chi connectivity index (χ2n) is 7.53. The number of methoxy groups -OCH3 is 1. The second kappa shape index (κ2) is 10.4. The van der Waals surface area contributed by atoms with E-state index in [1.165, 1.54) is 11.3 Å². The molecule has 5 rings (SSSR count). The third-order valence-corrected chi connectivity index (χ3v) is 7.34. The van der Waals surface area contributed by atoms with Gasteiger partial charge in [-0.1, -0.05) is 42.1 Å². The van der Waals surface area contributed by atoms with Crippen LogP contribution in [0.25, 0.3) is 17.1 Å². The predicted octanol–water partition coefficient (Wildman–Crippen LogP) is 4.16. The van der Waals surface area contributed by atoms with Gasteiger partial charge < -0.3 is 14.4 Å². The summed E-state index contributed by atoms with van der Waals surface area (Å²) in [5.74, 6) is 2.04. The van der Waals surface area contributed by atoms with Crippen molar-refractivity contribution in [1.82, 2.24) is 24.6 Å². The molecule has 3 heterocycles. The number of thiazole rings is 1. The third kappa shape index (κ3) is 4.84. The zero-order valence-electron chi connectivity index (χ0n) is 18.6. The van der Waals surface area contributed by atoms with E-state index in [1.54, 1.807) is 23.8 Å². The first-order valence-corrected chi connectivity index (χ1v) is 12.7. The van der Waals surface area contributed by atoms with Crippen molar-refractivity contribution in [2.45, 2.75) is 10.9 Å². The van der Waals surface area contributed by atoms with Crippen molar-refractivity contribution in [3.8, 4) is 22.8 Å². The van der Waals surface area contributed by atoms with Gasteiger partial charge in [-0.2, -0.15) is 0 Å². The van der Waals surface area contributed by atoms with E-state index in [-0.39, 0.29) is 5.91 Å². The van der Waals surface area contributed by atoms with Gasteiger partial charge in [0.2, 0.25) is 0 Å². The highest BCUT2D eigenvalue weighted by Crippen LogP contribution is 2.31. The largest absolute Gasteiger partial charge is 0.497 e. The minimum Gasteiger partial charge on any atom is -0.497 e. The number of carbonyl (C=O) groups is 1. The maximum atomic E-state index is 12.7. The fourth-order valence-electron chi connectivity index (χ4n) is 3.65. The molecule has 0 N–H and O–H groups in total. The third-order valence-electron chi connectivity index (χ3n) is 5.37. The minimum absolute atomic E-state index is 0.0384. The molecule has 2 aromatic heterocycles. The number of ether oxygens (including phenoxy) is 2. The monoisotopic (exact) mass is 493 g/mol. The van der Waals surface area contributed by atoms with Crippen molar-refractivity contribution in [2.75, 3.05) is 33.4 Å². The van der Waals surface area contributed by atoms with Crippen molar-refractivity contribution in [2.24, 2.45) is 0 Å². The van der Waals surface area contributed by atoms with Crippen molar-refractivity contribution < 1.29 is 14.3 Å². The van der Waals surface area contributed by atoms with Crippen LogP contribution >= 0.6 is 23.1 Å². The highest BCUT2D eigenvalue weighted by Gasteiger charge is 2.22. The van der Waals surface area contributed by atoms with E-state index in [2.05, 4.69) is 15.2 Å². The SMILES string of the molecule is COc1cccc(-c2nnc(SCc3nc(C(=O)N4CCOCC4)cs3)n2-c2ccccc2)c1. The summed E-state index contributed by atoms with van der Waals surface area (Å²) in [5.41, 5.74) is 2.37. The first-order valence-electron chi connectivity index (χ1n) is 10.8. The summed E-state index contributed by atoms with van der Waals surface area (Å²) in [6.07, 6.45) is 0. The van der Waals surface area contributed by atoms with E-state index in [9.17, 15) is 4.79 Å². The molecule has 0 saturated carbocycles. The molecular weight excluding hydrogens is 470 g/mol. The van der Waals surface area contributed by atoms with E-state index >= 15 is 0 Å². The summed E-state index contributed by atoms with van der Waals surface area (Å²) in [4.78, 5) is 19.1. The van der Waals surface area contributed by atoms with Crippen LogP contribution in [0.3, 0.4) is 0 Å². The fraction of sp³-hybridized carbons (Fsp3) is 0.250. The average molecular weight is 494 g/mol. The summed E-state index contributed by atoms with van der Waals surface area (Å²) in [5, 5.41) is 12.4. The van der Waals surface area contributed by atoms with Gasteiger partial charge in [-0.05, 0) is 24.3 Å². The maximum Gasteiger partial charge on any atom is 0.273 e. The van der Waals surface area contributed by atoms with Crippen LogP contribution in [0, 0.1) is 0 Å². The van der Waals surface area contributed by atoms with Crippen molar-refractivity contribution in [3.63, 3.8) is 0 Å². The topological polar surface area (TPSA) is 82.4 Å². The molecular formula is C24H23N5O3S2. The Labute approximate surface area is 205 Å². The van der Waals surface area contributed by atoms with Crippen LogP contribution in [0.2, 0.25) is 0 Å². The molecule has 0 radical (unpaired) electrons. The van der Waals surface area contributed by atoms with Crippen molar-refractivity contribution in [3.05, 3.63) is 70.7 Å². The van der Waals surface area contributed by atoms with E-state index in [0.29, 0.717) is 37.8 Å². The molecule has 0 unspecified atom stereocenters. The molecule has 0 bridgehead atoms. The summed E-state index contributed by atoms with van der Waals surface area (Å²) >= 11 is 3.03. The Morgan fingerprint density at radius 3 is 2.74 bits per heavy atom. The number of para-hydroxylation sites is 1. The van der Waals surface area contributed by atoms with Crippen LogP contribution in [-0.2, 0) is 10.5 Å². The Morgan fingerprint density at radius 2 is 1.94 bits per heavy atom. The number of aromatic nitrogens is 4. The Bertz CT molecular complexity index is 1270. The maximum absolute atomic E-state index is 12.7. The van der Waals surface area contributed by atoms with Gasteiger partial charge in [-0.25, -0.2) is 4.98 Å². The van der Waals surface area contributed by atoms with E-state index < -0.39 is 0 Å². The molecule has 1 saturated heterocycles. The summed E-state index contributed by atoms with van der Waals surface area (Å²) < 4.78 is 12.8. The van der Waals surface area contributed by atoms with Crippen molar-refractivity contribution >= 4 is 29.0 Å². The van der Waals surface area contributed by atoms with Gasteiger partial charge in [0.25, 0.3) is 5.91 Å². The van der Waals surface area contributed by atoms with Crippen LogP contribution in [0.5, 0.6) is 5.75 Å². The number of hydrogen-bond acceptors (Lipinski definition) is 8. The quantitative estimate of drug-likeness (QED) is 0.358. The molecule has 1 aliphatic heterocycles. The fourth-order valence-corrected chi connectivity index (χ4v) is 5.39. The summed E-state index contributed by atoms with van der Waals surface area (Å²) in [6, 6.07) is 17.8. The number of rotatable bonds is 7. The molecule has 4 aromatic rings. The number of morpholine rings is 1. The Hall–Kier alpha value is -3.21. The number of benzene rings is 2. The lowest BCUT2D eigenvalue weighted by atomic mass is 10.2. The normalized spacial score (nSPS) is 13.7. The van der Waals surface area contributed by atoms with Crippen LogP contribution in [0.4, 0.5) is 0 Å². The summed E-state index contributed by atoms with van der Waals surface area (Å²) in [6.45, 7) is 2.36. The Kier molecular flexibility index (Phi) is 6.89. The first-order chi connectivity index (χ1) is 16.7. The van der Waals surface area contributed by atoms with Gasteiger partial charge in [0.15, 0.2) is 11.0 Å².